The molecule has 0 bridgehead atoms. The molecule has 0 radical (unpaired) electrons. The standard InChI is InChI=1S/C22H38O2.C20H36O2/c1-6-7-16-21(2,3)18-19-22(4,5)17-14-12-10-8-9-11-13-15-20(23)24;1-4-5-6-11-14-17-20(2,3)18-15-12-9-7-8-10-13-16-19(21)22/h7,14,16-19H,6,8-13,15H2,1-5H3,(H,23,24);14-15,17-18H,4-13,16H2,1-3H3,(H,21,22). The topological polar surface area (TPSA) is 74.6 Å². The monoisotopic (exact) mass is 643 g/mol. The molecule has 0 amide bonds. The quantitative estimate of drug-likeness (QED) is 0.0690. The predicted molar refractivity (Wildman–Crippen MR) is 201 cm³/mol. The molecule has 4 nitrogen and oxygen atoms in total. The number of carboxylic acids is 2. The van der Waals surface area contributed by atoms with Crippen molar-refractivity contribution in [1.82, 2.24) is 0 Å². The van der Waals surface area contributed by atoms with Gasteiger partial charge in [0.05, 0.1) is 0 Å². The molecule has 266 valence electrons. The maximum atomic E-state index is 10.4. The van der Waals surface area contributed by atoms with Crippen LogP contribution in [-0.4, -0.2) is 22.2 Å². The van der Waals surface area contributed by atoms with Crippen molar-refractivity contribution >= 4 is 11.9 Å². The average molecular weight is 643 g/mol. The van der Waals surface area contributed by atoms with E-state index in [1.807, 2.05) is 0 Å². The summed E-state index contributed by atoms with van der Waals surface area (Å²) in [6.07, 6.45) is 42.8. The summed E-state index contributed by atoms with van der Waals surface area (Å²) >= 11 is 0. The molecule has 0 aromatic rings. The highest BCUT2D eigenvalue weighted by atomic mass is 16.4. The van der Waals surface area contributed by atoms with Gasteiger partial charge in [-0.15, -0.1) is 0 Å². The van der Waals surface area contributed by atoms with Crippen LogP contribution in [0.3, 0.4) is 0 Å². The van der Waals surface area contributed by atoms with Crippen LogP contribution in [0.5, 0.6) is 0 Å². The molecule has 46 heavy (non-hydrogen) atoms. The van der Waals surface area contributed by atoms with E-state index in [0.29, 0.717) is 12.8 Å². The zero-order chi connectivity index (χ0) is 35.2. The lowest BCUT2D eigenvalue weighted by molar-refractivity contribution is -0.138. The van der Waals surface area contributed by atoms with Crippen LogP contribution in [0.15, 0.2) is 60.8 Å². The van der Waals surface area contributed by atoms with Crippen molar-refractivity contribution in [2.24, 2.45) is 16.2 Å². The fourth-order valence-corrected chi connectivity index (χ4v) is 4.83. The van der Waals surface area contributed by atoms with E-state index in [1.165, 1.54) is 51.4 Å². The molecule has 0 aromatic carbocycles. The van der Waals surface area contributed by atoms with Gasteiger partial charge in [0.25, 0.3) is 0 Å². The SMILES string of the molecule is CCC=CC(C)(C)C=CC(C)(C)C=CCCCCCCCC(=O)O.CCCCCC=CC(C)(C)C=CCCCCCCCC(=O)O. The molecular weight excluding hydrogens is 568 g/mol. The summed E-state index contributed by atoms with van der Waals surface area (Å²) in [7, 11) is 0. The Bertz CT molecular complexity index is 899. The Labute approximate surface area is 285 Å². The molecule has 0 aliphatic carbocycles. The van der Waals surface area contributed by atoms with Gasteiger partial charge in [0.2, 0.25) is 0 Å². The van der Waals surface area contributed by atoms with Gasteiger partial charge in [-0.1, -0.05) is 168 Å². The lowest BCUT2D eigenvalue weighted by atomic mass is 9.85. The third-order valence-corrected chi connectivity index (χ3v) is 7.87. The highest BCUT2D eigenvalue weighted by Crippen LogP contribution is 2.26. The van der Waals surface area contributed by atoms with E-state index in [1.54, 1.807) is 0 Å². The van der Waals surface area contributed by atoms with Gasteiger partial charge < -0.3 is 10.2 Å². The van der Waals surface area contributed by atoms with Crippen molar-refractivity contribution in [1.29, 1.82) is 0 Å². The molecule has 0 rings (SSSR count). The number of carboxylic acid groups (broad SMARTS) is 2. The second kappa shape index (κ2) is 28.8. The van der Waals surface area contributed by atoms with Crippen molar-refractivity contribution in [3.8, 4) is 0 Å². The molecule has 0 aliphatic heterocycles. The molecule has 0 fully saturated rings. The Kier molecular flexibility index (Phi) is 28.7. The summed E-state index contributed by atoms with van der Waals surface area (Å²) in [6, 6.07) is 0. The number of hydrogen-bond donors (Lipinski definition) is 2. The summed E-state index contributed by atoms with van der Waals surface area (Å²) in [6.45, 7) is 17.9. The minimum Gasteiger partial charge on any atom is -0.481 e. The van der Waals surface area contributed by atoms with E-state index < -0.39 is 11.9 Å². The number of aliphatic carboxylic acids is 2. The first kappa shape index (κ1) is 45.8. The molecule has 0 unspecified atom stereocenters. The maximum Gasteiger partial charge on any atom is 0.303 e. The molecule has 4 heteroatoms. The summed E-state index contributed by atoms with van der Waals surface area (Å²) in [5.74, 6) is -1.35. The Morgan fingerprint density at radius 2 is 0.739 bits per heavy atom. The van der Waals surface area contributed by atoms with E-state index >= 15 is 0 Å². The summed E-state index contributed by atoms with van der Waals surface area (Å²) in [5, 5.41) is 17.1. The lowest BCUT2D eigenvalue weighted by Gasteiger charge is -2.20. The van der Waals surface area contributed by atoms with Gasteiger partial charge >= 0.3 is 11.9 Å². The van der Waals surface area contributed by atoms with Crippen molar-refractivity contribution < 1.29 is 19.8 Å². The van der Waals surface area contributed by atoms with Crippen molar-refractivity contribution in [3.05, 3.63) is 60.8 Å². The molecule has 0 aromatic heterocycles. The molecule has 0 saturated heterocycles. The fraction of sp³-hybridized carbons (Fsp3) is 0.714. The minimum absolute atomic E-state index is 0.0822. The molecule has 0 spiro atoms. The zero-order valence-corrected chi connectivity index (χ0v) is 31.4. The first-order valence-corrected chi connectivity index (χ1v) is 18.5. The highest BCUT2D eigenvalue weighted by molar-refractivity contribution is 5.66. The van der Waals surface area contributed by atoms with Crippen LogP contribution in [0.2, 0.25) is 0 Å². The van der Waals surface area contributed by atoms with Gasteiger partial charge in [0, 0.05) is 29.1 Å². The molecule has 2 N–H and O–H groups in total. The van der Waals surface area contributed by atoms with Gasteiger partial charge in [0.15, 0.2) is 0 Å². The van der Waals surface area contributed by atoms with Gasteiger partial charge in [0.1, 0.15) is 0 Å². The first-order chi connectivity index (χ1) is 21.7. The lowest BCUT2D eigenvalue weighted by Crippen LogP contribution is -2.07. The zero-order valence-electron chi connectivity index (χ0n) is 31.4. The van der Waals surface area contributed by atoms with Crippen LogP contribution in [0.1, 0.15) is 177 Å². The van der Waals surface area contributed by atoms with Crippen LogP contribution in [0.25, 0.3) is 0 Å². The van der Waals surface area contributed by atoms with Crippen LogP contribution in [0, 0.1) is 16.2 Å². The Morgan fingerprint density at radius 3 is 1.09 bits per heavy atom. The summed E-state index contributed by atoms with van der Waals surface area (Å²) in [4.78, 5) is 20.8. The largest absolute Gasteiger partial charge is 0.481 e. The molecular formula is C42H74O4. The predicted octanol–water partition coefficient (Wildman–Crippen LogP) is 13.5. The van der Waals surface area contributed by atoms with Crippen molar-refractivity contribution in [3.63, 3.8) is 0 Å². The Hall–Kier alpha value is -2.36. The summed E-state index contributed by atoms with van der Waals surface area (Å²) < 4.78 is 0. The molecule has 0 aliphatic rings. The highest BCUT2D eigenvalue weighted by Gasteiger charge is 2.13. The third-order valence-electron chi connectivity index (χ3n) is 7.87. The normalized spacial score (nSPS) is 13.0. The van der Waals surface area contributed by atoms with Crippen LogP contribution >= 0.6 is 0 Å². The van der Waals surface area contributed by atoms with Gasteiger partial charge in [-0.05, 0) is 57.8 Å². The van der Waals surface area contributed by atoms with Gasteiger partial charge in [-0.3, -0.25) is 9.59 Å². The maximum absolute atomic E-state index is 10.4. The molecule has 0 saturated carbocycles. The summed E-state index contributed by atoms with van der Waals surface area (Å²) in [5.41, 5.74) is 0.351. The number of rotatable bonds is 27. The van der Waals surface area contributed by atoms with Crippen LogP contribution in [0.4, 0.5) is 0 Å². The second-order valence-electron chi connectivity index (χ2n) is 14.7. The smallest absolute Gasteiger partial charge is 0.303 e. The van der Waals surface area contributed by atoms with E-state index in [2.05, 4.69) is 116 Å². The number of allylic oxidation sites excluding steroid dienone is 10. The van der Waals surface area contributed by atoms with Crippen molar-refractivity contribution in [2.45, 2.75) is 177 Å². The van der Waals surface area contributed by atoms with Gasteiger partial charge in [-0.2, -0.15) is 0 Å². The second-order valence-corrected chi connectivity index (χ2v) is 14.7. The Morgan fingerprint density at radius 1 is 0.435 bits per heavy atom. The molecule has 0 atom stereocenters. The van der Waals surface area contributed by atoms with Crippen molar-refractivity contribution in [2.75, 3.05) is 0 Å². The average Bonchev–Trinajstić information content (AvgIpc) is 2.97. The third kappa shape index (κ3) is 36.1. The minimum atomic E-state index is -0.679. The van der Waals surface area contributed by atoms with E-state index in [4.69, 9.17) is 10.2 Å². The molecule has 0 heterocycles. The van der Waals surface area contributed by atoms with Gasteiger partial charge in [-0.25, -0.2) is 0 Å². The fourth-order valence-electron chi connectivity index (χ4n) is 4.83. The Balaban J connectivity index is 0. The number of carbonyl (C=O) groups is 2. The van der Waals surface area contributed by atoms with E-state index in [-0.39, 0.29) is 16.2 Å². The van der Waals surface area contributed by atoms with Crippen LogP contribution < -0.4 is 0 Å². The van der Waals surface area contributed by atoms with E-state index in [0.717, 1.165) is 57.8 Å². The van der Waals surface area contributed by atoms with E-state index in [9.17, 15) is 9.59 Å². The van der Waals surface area contributed by atoms with Crippen LogP contribution in [-0.2, 0) is 9.59 Å². The first-order valence-electron chi connectivity index (χ1n) is 18.5. The number of unbranched alkanes of at least 4 members (excludes halogenated alkanes) is 13. The number of hydrogen-bond acceptors (Lipinski definition) is 2.